The molecule has 2 aromatic rings. The summed E-state index contributed by atoms with van der Waals surface area (Å²) in [4.78, 5) is 4.67. The molecule has 120 valence electrons. The van der Waals surface area contributed by atoms with Gasteiger partial charge < -0.3 is 0 Å². The van der Waals surface area contributed by atoms with Crippen LogP contribution in [0.1, 0.15) is 18.4 Å². The molecule has 0 amide bonds. The summed E-state index contributed by atoms with van der Waals surface area (Å²) >= 11 is 5.84. The predicted molar refractivity (Wildman–Crippen MR) is 93.1 cm³/mol. The van der Waals surface area contributed by atoms with E-state index in [1.54, 1.807) is 46.9 Å². The van der Waals surface area contributed by atoms with Gasteiger partial charge in [0.2, 0.25) is 10.0 Å². The quantitative estimate of drug-likeness (QED) is 0.787. The molecule has 0 N–H and O–H groups in total. The Labute approximate surface area is 141 Å². The molecule has 0 radical (unpaired) electrons. The summed E-state index contributed by atoms with van der Waals surface area (Å²) in [5, 5.41) is 0.679. The lowest BCUT2D eigenvalue weighted by Crippen LogP contribution is -2.27. The second kappa shape index (κ2) is 6.83. The number of benzene rings is 2. The highest BCUT2D eigenvalue weighted by Crippen LogP contribution is 2.23. The zero-order chi connectivity index (χ0) is 16.3. The van der Waals surface area contributed by atoms with Crippen LogP contribution in [0.3, 0.4) is 0 Å². The third-order valence-corrected chi connectivity index (χ3v) is 5.94. The van der Waals surface area contributed by atoms with E-state index in [0.717, 1.165) is 18.4 Å². The van der Waals surface area contributed by atoms with Crippen molar-refractivity contribution in [3.63, 3.8) is 0 Å². The molecule has 4 nitrogen and oxygen atoms in total. The van der Waals surface area contributed by atoms with Crippen molar-refractivity contribution in [1.29, 1.82) is 0 Å². The Bertz CT molecular complexity index is 793. The summed E-state index contributed by atoms with van der Waals surface area (Å²) in [6, 6.07) is 14.0. The molecule has 0 spiro atoms. The molecule has 1 heterocycles. The van der Waals surface area contributed by atoms with Crippen LogP contribution >= 0.6 is 11.6 Å². The molecule has 0 saturated carbocycles. The van der Waals surface area contributed by atoms with Crippen LogP contribution in [0.15, 0.2) is 58.4 Å². The van der Waals surface area contributed by atoms with Crippen LogP contribution in [0.4, 0.5) is 5.69 Å². The molecular formula is C17H17ClN2O2S. The van der Waals surface area contributed by atoms with Gasteiger partial charge in [0.1, 0.15) is 0 Å². The van der Waals surface area contributed by atoms with E-state index >= 15 is 0 Å². The number of halogens is 1. The van der Waals surface area contributed by atoms with E-state index in [-0.39, 0.29) is 0 Å². The normalized spacial score (nSPS) is 16.2. The van der Waals surface area contributed by atoms with Gasteiger partial charge in [0.05, 0.1) is 10.6 Å². The summed E-state index contributed by atoms with van der Waals surface area (Å²) in [5.41, 5.74) is 1.64. The third kappa shape index (κ3) is 3.80. The molecule has 0 aromatic heterocycles. The van der Waals surface area contributed by atoms with Crippen molar-refractivity contribution in [2.45, 2.75) is 17.7 Å². The Kier molecular flexibility index (Phi) is 4.80. The van der Waals surface area contributed by atoms with Gasteiger partial charge in [-0.1, -0.05) is 23.7 Å². The number of nitrogens with zero attached hydrogens (tertiary/aromatic N) is 2. The maximum Gasteiger partial charge on any atom is 0.243 e. The summed E-state index contributed by atoms with van der Waals surface area (Å²) < 4.78 is 26.4. The van der Waals surface area contributed by atoms with Crippen molar-refractivity contribution in [3.05, 3.63) is 59.1 Å². The zero-order valence-corrected chi connectivity index (χ0v) is 14.1. The van der Waals surface area contributed by atoms with Crippen LogP contribution < -0.4 is 0 Å². The number of rotatable bonds is 4. The van der Waals surface area contributed by atoms with E-state index in [1.807, 2.05) is 12.1 Å². The van der Waals surface area contributed by atoms with Crippen LogP contribution in [0.5, 0.6) is 0 Å². The van der Waals surface area contributed by atoms with Crippen molar-refractivity contribution in [2.24, 2.45) is 4.99 Å². The zero-order valence-electron chi connectivity index (χ0n) is 12.5. The highest BCUT2D eigenvalue weighted by molar-refractivity contribution is 7.89. The van der Waals surface area contributed by atoms with Crippen molar-refractivity contribution in [3.8, 4) is 0 Å². The van der Waals surface area contributed by atoms with Crippen LogP contribution in [0, 0.1) is 0 Å². The minimum atomic E-state index is -3.36. The van der Waals surface area contributed by atoms with E-state index in [0.29, 0.717) is 28.7 Å². The average molecular weight is 349 g/mol. The van der Waals surface area contributed by atoms with E-state index in [1.165, 1.54) is 0 Å². The van der Waals surface area contributed by atoms with Crippen molar-refractivity contribution in [1.82, 2.24) is 4.31 Å². The van der Waals surface area contributed by atoms with Crippen LogP contribution in [0.2, 0.25) is 5.02 Å². The fourth-order valence-electron chi connectivity index (χ4n) is 2.48. The van der Waals surface area contributed by atoms with Crippen molar-refractivity contribution in [2.75, 3.05) is 13.1 Å². The van der Waals surface area contributed by atoms with Gasteiger partial charge in [0, 0.05) is 24.3 Å². The molecule has 1 fully saturated rings. The minimum absolute atomic E-state index is 0.324. The number of hydrogen-bond donors (Lipinski definition) is 0. The smallest absolute Gasteiger partial charge is 0.243 e. The van der Waals surface area contributed by atoms with Crippen molar-refractivity contribution >= 4 is 33.5 Å². The number of sulfonamides is 1. The lowest BCUT2D eigenvalue weighted by molar-refractivity contribution is 0.477. The Balaban J connectivity index is 1.75. The van der Waals surface area contributed by atoms with E-state index in [9.17, 15) is 8.42 Å². The fourth-order valence-corrected chi connectivity index (χ4v) is 4.12. The maximum atomic E-state index is 12.4. The first kappa shape index (κ1) is 16.2. The molecule has 0 atom stereocenters. The van der Waals surface area contributed by atoms with Crippen molar-refractivity contribution < 1.29 is 8.42 Å². The molecule has 0 bridgehead atoms. The minimum Gasteiger partial charge on any atom is -0.256 e. The summed E-state index contributed by atoms with van der Waals surface area (Å²) in [7, 11) is -3.36. The lowest BCUT2D eigenvalue weighted by atomic mass is 10.2. The molecule has 1 aliphatic rings. The highest BCUT2D eigenvalue weighted by atomic mass is 35.5. The maximum absolute atomic E-state index is 12.4. The first-order valence-corrected chi connectivity index (χ1v) is 9.27. The third-order valence-electron chi connectivity index (χ3n) is 3.77. The molecule has 0 unspecified atom stereocenters. The molecular weight excluding hydrogens is 332 g/mol. The molecule has 1 saturated heterocycles. The van der Waals surface area contributed by atoms with Gasteiger partial charge in [0.25, 0.3) is 0 Å². The van der Waals surface area contributed by atoms with E-state index < -0.39 is 10.0 Å². The molecule has 23 heavy (non-hydrogen) atoms. The summed E-state index contributed by atoms with van der Waals surface area (Å²) in [6.45, 7) is 1.22. The number of hydrogen-bond acceptors (Lipinski definition) is 3. The Hall–Kier alpha value is -1.69. The molecule has 0 aliphatic carbocycles. The standard InChI is InChI=1S/C17H17ClN2O2S/c18-15-5-3-14(4-6-15)13-19-16-7-9-17(10-8-16)23(21,22)20-11-1-2-12-20/h3-10,13H,1-2,11-12H2. The second-order valence-electron chi connectivity index (χ2n) is 5.41. The second-order valence-corrected chi connectivity index (χ2v) is 7.79. The van der Waals surface area contributed by atoms with E-state index in [4.69, 9.17) is 11.6 Å². The fraction of sp³-hybridized carbons (Fsp3) is 0.235. The molecule has 3 rings (SSSR count). The number of aliphatic imine (C=N–C) groups is 1. The van der Waals surface area contributed by atoms with Gasteiger partial charge in [-0.05, 0) is 54.8 Å². The van der Waals surface area contributed by atoms with E-state index in [2.05, 4.69) is 4.99 Å². The SMILES string of the molecule is O=S(=O)(c1ccc(N=Cc2ccc(Cl)cc2)cc1)N1CCCC1. The van der Waals surface area contributed by atoms with Gasteiger partial charge in [-0.15, -0.1) is 0 Å². The summed E-state index contributed by atoms with van der Waals surface area (Å²) in [6.07, 6.45) is 3.59. The van der Waals surface area contributed by atoms with Crippen LogP contribution in [-0.2, 0) is 10.0 Å². The lowest BCUT2D eigenvalue weighted by Gasteiger charge is -2.15. The average Bonchev–Trinajstić information content (AvgIpc) is 3.10. The van der Waals surface area contributed by atoms with Crippen LogP contribution in [0.25, 0.3) is 0 Å². The Morgan fingerprint density at radius 1 is 0.957 bits per heavy atom. The first-order chi connectivity index (χ1) is 11.1. The van der Waals surface area contributed by atoms with Gasteiger partial charge in [-0.25, -0.2) is 8.42 Å². The van der Waals surface area contributed by atoms with Gasteiger partial charge >= 0.3 is 0 Å². The predicted octanol–water partition coefficient (Wildman–Crippen LogP) is 3.88. The largest absolute Gasteiger partial charge is 0.256 e. The monoisotopic (exact) mass is 348 g/mol. The Morgan fingerprint density at radius 2 is 1.57 bits per heavy atom. The molecule has 2 aromatic carbocycles. The van der Waals surface area contributed by atoms with Crippen LogP contribution in [-0.4, -0.2) is 32.0 Å². The van der Waals surface area contributed by atoms with Gasteiger partial charge in [-0.3, -0.25) is 4.99 Å². The van der Waals surface area contributed by atoms with Gasteiger partial charge in [-0.2, -0.15) is 4.31 Å². The summed E-state index contributed by atoms with van der Waals surface area (Å²) in [5.74, 6) is 0. The topological polar surface area (TPSA) is 49.7 Å². The molecule has 1 aliphatic heterocycles. The Morgan fingerprint density at radius 3 is 2.17 bits per heavy atom. The first-order valence-electron chi connectivity index (χ1n) is 7.45. The highest BCUT2D eigenvalue weighted by Gasteiger charge is 2.26. The van der Waals surface area contributed by atoms with Gasteiger partial charge in [0.15, 0.2) is 0 Å². The molecule has 6 heteroatoms.